The topological polar surface area (TPSA) is 55.1 Å². The molecule has 20 heavy (non-hydrogen) atoms. The number of hydrogen-bond donors (Lipinski definition) is 2. The van der Waals surface area contributed by atoms with Gasteiger partial charge in [0.25, 0.3) is 0 Å². The number of halogens is 2. The zero-order valence-electron chi connectivity index (χ0n) is 10.7. The van der Waals surface area contributed by atoms with Gasteiger partial charge < -0.3 is 11.1 Å². The third-order valence-electron chi connectivity index (χ3n) is 2.79. The van der Waals surface area contributed by atoms with E-state index in [0.717, 1.165) is 10.0 Å². The van der Waals surface area contributed by atoms with Crippen LogP contribution >= 0.6 is 27.5 Å². The lowest BCUT2D eigenvalue weighted by atomic mass is 10.1. The molecule has 0 aromatic heterocycles. The molecule has 0 saturated carbocycles. The molecular formula is C15H14BrClN2O. The fraction of sp³-hybridized carbons (Fsp3) is 0.133. The van der Waals surface area contributed by atoms with E-state index < -0.39 is 0 Å². The average Bonchev–Trinajstić information content (AvgIpc) is 2.41. The molecule has 3 N–H and O–H groups in total. The number of amides is 1. The number of nitrogens with two attached hydrogens (primary N) is 1. The molecular weight excluding hydrogens is 340 g/mol. The molecule has 0 radical (unpaired) electrons. The van der Waals surface area contributed by atoms with E-state index in [1.807, 2.05) is 30.3 Å². The maximum Gasteiger partial charge on any atom is 0.224 e. The van der Waals surface area contributed by atoms with Gasteiger partial charge in [0, 0.05) is 16.6 Å². The highest BCUT2D eigenvalue weighted by Crippen LogP contribution is 2.25. The molecule has 2 rings (SSSR count). The highest BCUT2D eigenvalue weighted by molar-refractivity contribution is 9.10. The minimum Gasteiger partial charge on any atom is -0.399 e. The molecule has 0 heterocycles. The first-order valence-corrected chi connectivity index (χ1v) is 7.31. The smallest absolute Gasteiger partial charge is 0.224 e. The van der Waals surface area contributed by atoms with Gasteiger partial charge in [-0.1, -0.05) is 39.7 Å². The van der Waals surface area contributed by atoms with Gasteiger partial charge in [-0.05, 0) is 42.3 Å². The van der Waals surface area contributed by atoms with Gasteiger partial charge in [-0.15, -0.1) is 0 Å². The number of carbonyl (C=O) groups is 1. The number of carbonyl (C=O) groups excluding carboxylic acids is 1. The molecule has 0 aliphatic carbocycles. The summed E-state index contributed by atoms with van der Waals surface area (Å²) in [6, 6.07) is 12.9. The maximum absolute atomic E-state index is 11.9. The van der Waals surface area contributed by atoms with Crippen LogP contribution in [0.5, 0.6) is 0 Å². The number of nitrogen functional groups attached to an aromatic ring is 1. The normalized spacial score (nSPS) is 10.3. The van der Waals surface area contributed by atoms with Gasteiger partial charge >= 0.3 is 0 Å². The third kappa shape index (κ3) is 4.25. The number of nitrogens with one attached hydrogen (secondary N) is 1. The Morgan fingerprint density at radius 3 is 2.80 bits per heavy atom. The van der Waals surface area contributed by atoms with Gasteiger partial charge in [0.1, 0.15) is 0 Å². The fourth-order valence-electron chi connectivity index (χ4n) is 1.81. The Hall–Kier alpha value is -1.52. The van der Waals surface area contributed by atoms with Crippen molar-refractivity contribution in [2.75, 3.05) is 11.1 Å². The molecule has 0 aliphatic rings. The minimum absolute atomic E-state index is 0.0765. The van der Waals surface area contributed by atoms with E-state index in [2.05, 4.69) is 21.2 Å². The van der Waals surface area contributed by atoms with E-state index in [9.17, 15) is 4.79 Å². The second kappa shape index (κ2) is 6.77. The van der Waals surface area contributed by atoms with Crippen molar-refractivity contribution in [2.45, 2.75) is 12.8 Å². The molecule has 2 aromatic rings. The predicted molar refractivity (Wildman–Crippen MR) is 87.0 cm³/mol. The van der Waals surface area contributed by atoms with Crippen molar-refractivity contribution >= 4 is 44.8 Å². The summed E-state index contributed by atoms with van der Waals surface area (Å²) in [6.45, 7) is 0. The lowest BCUT2D eigenvalue weighted by Gasteiger charge is -2.08. The van der Waals surface area contributed by atoms with Gasteiger partial charge in [0.2, 0.25) is 5.91 Å². The molecule has 1 amide bonds. The fourth-order valence-corrected chi connectivity index (χ4v) is 2.34. The van der Waals surface area contributed by atoms with E-state index in [1.165, 1.54) is 0 Å². The quantitative estimate of drug-likeness (QED) is 0.807. The summed E-state index contributed by atoms with van der Waals surface area (Å²) in [5.74, 6) is -0.0765. The van der Waals surface area contributed by atoms with Crippen LogP contribution in [-0.4, -0.2) is 5.91 Å². The molecule has 0 saturated heterocycles. The molecule has 104 valence electrons. The summed E-state index contributed by atoms with van der Waals surface area (Å²) in [5.41, 5.74) is 8.06. The van der Waals surface area contributed by atoms with Crippen LogP contribution in [0.2, 0.25) is 5.02 Å². The molecule has 0 atom stereocenters. The molecule has 0 bridgehead atoms. The van der Waals surface area contributed by atoms with Crippen LogP contribution in [-0.2, 0) is 11.2 Å². The molecule has 0 unspecified atom stereocenters. The molecule has 3 nitrogen and oxygen atoms in total. The second-order valence-corrected chi connectivity index (χ2v) is 5.74. The lowest BCUT2D eigenvalue weighted by Crippen LogP contribution is -2.12. The van der Waals surface area contributed by atoms with Crippen LogP contribution in [0.1, 0.15) is 12.0 Å². The Morgan fingerprint density at radius 2 is 2.05 bits per heavy atom. The first-order valence-electron chi connectivity index (χ1n) is 6.14. The molecule has 5 heteroatoms. The number of benzene rings is 2. The molecule has 2 aromatic carbocycles. The number of hydrogen-bond acceptors (Lipinski definition) is 2. The van der Waals surface area contributed by atoms with Gasteiger partial charge in [0.15, 0.2) is 0 Å². The van der Waals surface area contributed by atoms with Crippen molar-refractivity contribution in [3.8, 4) is 0 Å². The van der Waals surface area contributed by atoms with Crippen LogP contribution in [0.3, 0.4) is 0 Å². The predicted octanol–water partition coefficient (Wildman–Crippen LogP) is 4.26. The van der Waals surface area contributed by atoms with Crippen molar-refractivity contribution in [3.63, 3.8) is 0 Å². The lowest BCUT2D eigenvalue weighted by molar-refractivity contribution is -0.116. The van der Waals surface area contributed by atoms with Crippen LogP contribution in [0, 0.1) is 0 Å². The number of anilines is 2. The van der Waals surface area contributed by atoms with E-state index in [1.54, 1.807) is 12.1 Å². The van der Waals surface area contributed by atoms with E-state index in [-0.39, 0.29) is 5.91 Å². The van der Waals surface area contributed by atoms with E-state index >= 15 is 0 Å². The molecule has 0 spiro atoms. The van der Waals surface area contributed by atoms with Gasteiger partial charge in [0.05, 0.1) is 10.7 Å². The Bertz CT molecular complexity index is 631. The standard InChI is InChI=1S/C15H14BrClN2O/c16-11-5-6-13(17)14(9-11)19-15(20)7-4-10-2-1-3-12(18)8-10/h1-3,5-6,8-9H,4,7,18H2,(H,19,20). The van der Waals surface area contributed by atoms with Crippen LogP contribution < -0.4 is 11.1 Å². The summed E-state index contributed by atoms with van der Waals surface area (Å²) in [5, 5.41) is 3.32. The minimum atomic E-state index is -0.0765. The average molecular weight is 354 g/mol. The highest BCUT2D eigenvalue weighted by Gasteiger charge is 2.07. The number of aryl methyl sites for hydroxylation is 1. The Kier molecular flexibility index (Phi) is 5.04. The van der Waals surface area contributed by atoms with Gasteiger partial charge in [-0.25, -0.2) is 0 Å². The second-order valence-electron chi connectivity index (χ2n) is 4.42. The van der Waals surface area contributed by atoms with Gasteiger partial charge in [-0.3, -0.25) is 4.79 Å². The Morgan fingerprint density at radius 1 is 1.25 bits per heavy atom. The van der Waals surface area contributed by atoms with E-state index in [0.29, 0.717) is 29.2 Å². The third-order valence-corrected chi connectivity index (χ3v) is 3.62. The van der Waals surface area contributed by atoms with E-state index in [4.69, 9.17) is 17.3 Å². The molecule has 0 aliphatic heterocycles. The van der Waals surface area contributed by atoms with Crippen LogP contribution in [0.25, 0.3) is 0 Å². The first kappa shape index (κ1) is 14.9. The zero-order valence-corrected chi connectivity index (χ0v) is 13.0. The highest BCUT2D eigenvalue weighted by atomic mass is 79.9. The Balaban J connectivity index is 1.94. The summed E-state index contributed by atoms with van der Waals surface area (Å²) in [6.07, 6.45) is 1.02. The summed E-state index contributed by atoms with van der Waals surface area (Å²) >= 11 is 9.37. The van der Waals surface area contributed by atoms with Crippen molar-refractivity contribution in [1.29, 1.82) is 0 Å². The summed E-state index contributed by atoms with van der Waals surface area (Å²) in [4.78, 5) is 11.9. The summed E-state index contributed by atoms with van der Waals surface area (Å²) < 4.78 is 0.869. The van der Waals surface area contributed by atoms with Crippen LogP contribution in [0.4, 0.5) is 11.4 Å². The first-order chi connectivity index (χ1) is 9.54. The number of rotatable bonds is 4. The Labute approximate surface area is 131 Å². The monoisotopic (exact) mass is 352 g/mol. The van der Waals surface area contributed by atoms with Crippen LogP contribution in [0.15, 0.2) is 46.9 Å². The van der Waals surface area contributed by atoms with Crippen molar-refractivity contribution in [2.24, 2.45) is 0 Å². The van der Waals surface area contributed by atoms with Crippen molar-refractivity contribution < 1.29 is 4.79 Å². The van der Waals surface area contributed by atoms with Crippen molar-refractivity contribution in [3.05, 3.63) is 57.5 Å². The molecule has 0 fully saturated rings. The maximum atomic E-state index is 11.9. The van der Waals surface area contributed by atoms with Gasteiger partial charge in [-0.2, -0.15) is 0 Å². The zero-order chi connectivity index (χ0) is 14.5. The summed E-state index contributed by atoms with van der Waals surface area (Å²) in [7, 11) is 0. The SMILES string of the molecule is Nc1cccc(CCC(=O)Nc2cc(Br)ccc2Cl)c1. The largest absolute Gasteiger partial charge is 0.399 e. The van der Waals surface area contributed by atoms with Crippen molar-refractivity contribution in [1.82, 2.24) is 0 Å².